The molecule has 1 unspecified atom stereocenters. The van der Waals surface area contributed by atoms with Crippen LogP contribution in [0.3, 0.4) is 0 Å². The van der Waals surface area contributed by atoms with Crippen molar-refractivity contribution in [1.82, 2.24) is 15.1 Å². The van der Waals surface area contributed by atoms with Crippen molar-refractivity contribution in [3.8, 4) is 0 Å². The highest BCUT2D eigenvalue weighted by molar-refractivity contribution is 5.89. The molecular formula is C17H25N3O2. The van der Waals surface area contributed by atoms with E-state index in [1.54, 1.807) is 25.1 Å². The minimum Gasteiger partial charge on any atom is -0.351 e. The van der Waals surface area contributed by atoms with E-state index in [0.717, 1.165) is 5.56 Å². The fraction of sp³-hybridized carbons (Fsp3) is 0.412. The molecule has 0 bridgehead atoms. The zero-order chi connectivity index (χ0) is 16.5. The molecule has 0 radical (unpaired) electrons. The van der Waals surface area contributed by atoms with Crippen LogP contribution in [0.4, 0.5) is 0 Å². The number of benzene rings is 1. The molecule has 1 rings (SSSR count). The van der Waals surface area contributed by atoms with E-state index in [9.17, 15) is 9.59 Å². The fourth-order valence-corrected chi connectivity index (χ4v) is 1.98. The topological polar surface area (TPSA) is 52.7 Å². The third-order valence-corrected chi connectivity index (χ3v) is 3.16. The smallest absolute Gasteiger partial charge is 0.243 e. The standard InChI is InChI=1S/C17H25N3O2/c1-19(2)12-8-11-16(21)18-13-15(17(22)20(3)4)14-9-6-5-7-10-14/h5-11,15H,12-13H2,1-4H3,(H,18,21)/b11-8+. The minimum absolute atomic E-state index is 0.0243. The Balaban J connectivity index is 2.68. The maximum atomic E-state index is 12.3. The number of hydrogen-bond donors (Lipinski definition) is 1. The van der Waals surface area contributed by atoms with Gasteiger partial charge in [-0.15, -0.1) is 0 Å². The van der Waals surface area contributed by atoms with Gasteiger partial charge in [0.05, 0.1) is 5.92 Å². The van der Waals surface area contributed by atoms with Gasteiger partial charge in [-0.05, 0) is 19.7 Å². The molecule has 120 valence electrons. The average Bonchev–Trinajstić information content (AvgIpc) is 2.47. The van der Waals surface area contributed by atoms with E-state index in [0.29, 0.717) is 6.54 Å². The van der Waals surface area contributed by atoms with Gasteiger partial charge >= 0.3 is 0 Å². The molecule has 1 aromatic rings. The molecule has 5 heteroatoms. The summed E-state index contributed by atoms with van der Waals surface area (Å²) in [5, 5.41) is 2.80. The summed E-state index contributed by atoms with van der Waals surface area (Å²) in [5.41, 5.74) is 0.902. The van der Waals surface area contributed by atoms with Crippen molar-refractivity contribution in [2.75, 3.05) is 41.3 Å². The lowest BCUT2D eigenvalue weighted by atomic mass is 9.97. The van der Waals surface area contributed by atoms with Crippen LogP contribution in [0, 0.1) is 0 Å². The highest BCUT2D eigenvalue weighted by Crippen LogP contribution is 2.16. The van der Waals surface area contributed by atoms with E-state index in [-0.39, 0.29) is 24.3 Å². The average molecular weight is 303 g/mol. The van der Waals surface area contributed by atoms with Crippen LogP contribution in [0.15, 0.2) is 42.5 Å². The van der Waals surface area contributed by atoms with Gasteiger partial charge in [-0.1, -0.05) is 36.4 Å². The molecule has 0 aliphatic carbocycles. The van der Waals surface area contributed by atoms with Crippen LogP contribution in [0.5, 0.6) is 0 Å². The molecule has 5 nitrogen and oxygen atoms in total. The number of nitrogens with zero attached hydrogens (tertiary/aromatic N) is 2. The quantitative estimate of drug-likeness (QED) is 0.767. The third kappa shape index (κ3) is 6.10. The SMILES string of the molecule is CN(C)C/C=C/C(=O)NCC(C(=O)N(C)C)c1ccccc1. The summed E-state index contributed by atoms with van der Waals surface area (Å²) < 4.78 is 0. The largest absolute Gasteiger partial charge is 0.351 e. The molecule has 0 heterocycles. The van der Waals surface area contributed by atoms with Crippen molar-refractivity contribution in [3.63, 3.8) is 0 Å². The van der Waals surface area contributed by atoms with Crippen molar-refractivity contribution in [2.45, 2.75) is 5.92 Å². The van der Waals surface area contributed by atoms with Gasteiger partial charge in [0.2, 0.25) is 11.8 Å². The molecule has 2 amide bonds. The van der Waals surface area contributed by atoms with Gasteiger partial charge in [0.1, 0.15) is 0 Å². The summed E-state index contributed by atoms with van der Waals surface area (Å²) in [7, 11) is 7.31. The summed E-state index contributed by atoms with van der Waals surface area (Å²) in [6.07, 6.45) is 3.29. The van der Waals surface area contributed by atoms with E-state index in [1.807, 2.05) is 49.3 Å². The lowest BCUT2D eigenvalue weighted by Crippen LogP contribution is -2.36. The Morgan fingerprint density at radius 2 is 1.77 bits per heavy atom. The number of likely N-dealkylation sites (N-methyl/N-ethyl adjacent to an activating group) is 2. The Morgan fingerprint density at radius 3 is 2.32 bits per heavy atom. The van der Waals surface area contributed by atoms with Gasteiger partial charge in [0, 0.05) is 33.3 Å². The number of amides is 2. The molecule has 22 heavy (non-hydrogen) atoms. The molecule has 0 saturated heterocycles. The van der Waals surface area contributed by atoms with Gasteiger partial charge in [0.15, 0.2) is 0 Å². The highest BCUT2D eigenvalue weighted by Gasteiger charge is 2.22. The summed E-state index contributed by atoms with van der Waals surface area (Å²) in [6, 6.07) is 9.50. The molecule has 1 N–H and O–H groups in total. The van der Waals surface area contributed by atoms with Crippen LogP contribution in [-0.2, 0) is 9.59 Å². The Morgan fingerprint density at radius 1 is 1.14 bits per heavy atom. The molecule has 0 spiro atoms. The summed E-state index contributed by atoms with van der Waals surface area (Å²) in [4.78, 5) is 27.6. The van der Waals surface area contributed by atoms with E-state index in [2.05, 4.69) is 5.32 Å². The second-order valence-corrected chi connectivity index (χ2v) is 5.61. The Hall–Kier alpha value is -2.14. The van der Waals surface area contributed by atoms with Gasteiger partial charge < -0.3 is 15.1 Å². The lowest BCUT2D eigenvalue weighted by Gasteiger charge is -2.21. The van der Waals surface area contributed by atoms with Crippen LogP contribution >= 0.6 is 0 Å². The van der Waals surface area contributed by atoms with E-state index in [4.69, 9.17) is 0 Å². The molecule has 0 fully saturated rings. The first-order valence-corrected chi connectivity index (χ1v) is 7.27. The number of hydrogen-bond acceptors (Lipinski definition) is 3. The maximum Gasteiger partial charge on any atom is 0.243 e. The summed E-state index contributed by atoms with van der Waals surface area (Å²) in [5.74, 6) is -0.583. The van der Waals surface area contributed by atoms with E-state index < -0.39 is 0 Å². The zero-order valence-corrected chi connectivity index (χ0v) is 13.7. The first kappa shape index (κ1) is 17.9. The van der Waals surface area contributed by atoms with Crippen LogP contribution in [-0.4, -0.2) is 62.9 Å². The first-order chi connectivity index (χ1) is 10.4. The maximum absolute atomic E-state index is 12.3. The number of carbonyl (C=O) groups is 2. The van der Waals surface area contributed by atoms with Gasteiger partial charge in [-0.3, -0.25) is 9.59 Å². The fourth-order valence-electron chi connectivity index (χ4n) is 1.98. The third-order valence-electron chi connectivity index (χ3n) is 3.16. The predicted octanol–water partition coefficient (Wildman–Crippen LogP) is 1.09. The summed E-state index contributed by atoms with van der Waals surface area (Å²) in [6.45, 7) is 0.984. The normalized spacial score (nSPS) is 12.4. The Kier molecular flexibility index (Phi) is 7.32. The highest BCUT2D eigenvalue weighted by atomic mass is 16.2. The number of carbonyl (C=O) groups excluding carboxylic acids is 2. The second kappa shape index (κ2) is 9.00. The van der Waals surface area contributed by atoms with Crippen LogP contribution in [0.1, 0.15) is 11.5 Å². The van der Waals surface area contributed by atoms with Gasteiger partial charge in [-0.2, -0.15) is 0 Å². The van der Waals surface area contributed by atoms with Gasteiger partial charge in [-0.25, -0.2) is 0 Å². The lowest BCUT2D eigenvalue weighted by molar-refractivity contribution is -0.130. The van der Waals surface area contributed by atoms with Crippen molar-refractivity contribution >= 4 is 11.8 Å². The molecular weight excluding hydrogens is 278 g/mol. The van der Waals surface area contributed by atoms with Crippen molar-refractivity contribution < 1.29 is 9.59 Å². The molecule has 0 aliphatic heterocycles. The van der Waals surface area contributed by atoms with Crippen LogP contribution < -0.4 is 5.32 Å². The number of nitrogens with one attached hydrogen (secondary N) is 1. The summed E-state index contributed by atoms with van der Waals surface area (Å²) >= 11 is 0. The molecule has 0 aliphatic rings. The second-order valence-electron chi connectivity index (χ2n) is 5.61. The Labute approximate surface area is 132 Å². The van der Waals surface area contributed by atoms with Crippen molar-refractivity contribution in [1.29, 1.82) is 0 Å². The first-order valence-electron chi connectivity index (χ1n) is 7.27. The van der Waals surface area contributed by atoms with Crippen molar-refractivity contribution in [3.05, 3.63) is 48.0 Å². The monoisotopic (exact) mass is 303 g/mol. The minimum atomic E-state index is -0.373. The van der Waals surface area contributed by atoms with E-state index in [1.165, 1.54) is 6.08 Å². The van der Waals surface area contributed by atoms with Crippen molar-refractivity contribution in [2.24, 2.45) is 0 Å². The molecule has 1 atom stereocenters. The van der Waals surface area contributed by atoms with Crippen LogP contribution in [0.2, 0.25) is 0 Å². The van der Waals surface area contributed by atoms with Gasteiger partial charge in [0.25, 0.3) is 0 Å². The number of rotatable bonds is 7. The zero-order valence-electron chi connectivity index (χ0n) is 13.7. The van der Waals surface area contributed by atoms with Crippen LogP contribution in [0.25, 0.3) is 0 Å². The predicted molar refractivity (Wildman–Crippen MR) is 88.6 cm³/mol. The molecule has 1 aromatic carbocycles. The Bertz CT molecular complexity index is 510. The molecule has 0 saturated carbocycles. The van der Waals surface area contributed by atoms with E-state index >= 15 is 0 Å². The molecule has 0 aromatic heterocycles.